The summed E-state index contributed by atoms with van der Waals surface area (Å²) in [6, 6.07) is 14.3. The molecule has 0 atom stereocenters. The van der Waals surface area contributed by atoms with Crippen LogP contribution in [-0.2, 0) is 6.54 Å². The molecule has 1 saturated carbocycles. The Labute approximate surface area is 162 Å². The molecular weight excluding hydrogens is 398 g/mol. The molecule has 25 heavy (non-hydrogen) atoms. The van der Waals surface area contributed by atoms with E-state index in [0.29, 0.717) is 6.54 Å². The molecule has 0 saturated heterocycles. The molecule has 4 rings (SSSR count). The zero-order valence-electron chi connectivity index (χ0n) is 14.0. The maximum Gasteiger partial charge on any atom is 0.127 e. The van der Waals surface area contributed by atoms with Gasteiger partial charge in [-0.2, -0.15) is 0 Å². The molecule has 1 spiro atoms. The van der Waals surface area contributed by atoms with Gasteiger partial charge in [-0.05, 0) is 48.7 Å². The van der Waals surface area contributed by atoms with Gasteiger partial charge in [0.1, 0.15) is 5.84 Å². The highest BCUT2D eigenvalue weighted by Crippen LogP contribution is 2.40. The molecule has 1 aliphatic carbocycles. The average Bonchev–Trinajstić information content (AvgIpc) is 2.61. The van der Waals surface area contributed by atoms with E-state index in [4.69, 9.17) is 16.6 Å². The first-order chi connectivity index (χ1) is 12.1. The van der Waals surface area contributed by atoms with E-state index in [2.05, 4.69) is 50.8 Å². The minimum atomic E-state index is -0.0718. The molecule has 2 aromatic rings. The van der Waals surface area contributed by atoms with Gasteiger partial charge >= 0.3 is 0 Å². The number of benzene rings is 2. The molecule has 2 aromatic carbocycles. The van der Waals surface area contributed by atoms with Crippen LogP contribution in [-0.4, -0.2) is 11.4 Å². The van der Waals surface area contributed by atoms with Gasteiger partial charge in [0.05, 0.1) is 23.5 Å². The van der Waals surface area contributed by atoms with Crippen molar-refractivity contribution in [1.82, 2.24) is 0 Å². The van der Waals surface area contributed by atoms with E-state index in [1.165, 1.54) is 19.3 Å². The molecule has 1 fully saturated rings. The van der Waals surface area contributed by atoms with Crippen molar-refractivity contribution < 1.29 is 0 Å². The van der Waals surface area contributed by atoms with E-state index in [0.717, 1.165) is 45.1 Å². The molecule has 0 aromatic heterocycles. The second kappa shape index (κ2) is 7.00. The van der Waals surface area contributed by atoms with Crippen molar-refractivity contribution >= 4 is 44.7 Å². The van der Waals surface area contributed by atoms with Gasteiger partial charge in [-0.15, -0.1) is 0 Å². The normalized spacial score (nSPS) is 20.0. The molecule has 0 unspecified atom stereocenters. The van der Waals surface area contributed by atoms with Crippen LogP contribution >= 0.6 is 27.5 Å². The van der Waals surface area contributed by atoms with E-state index in [1.807, 2.05) is 18.2 Å². The number of aliphatic imine (C=N–C) groups is 1. The van der Waals surface area contributed by atoms with Crippen molar-refractivity contribution in [3.63, 3.8) is 0 Å². The number of amidine groups is 1. The average molecular weight is 419 g/mol. The molecular formula is C20H21BrClN3. The lowest BCUT2D eigenvalue weighted by Crippen LogP contribution is -2.53. The molecule has 0 radical (unpaired) electrons. The first-order valence-electron chi connectivity index (χ1n) is 8.79. The second-order valence-corrected chi connectivity index (χ2v) is 8.23. The number of halogens is 2. The van der Waals surface area contributed by atoms with Crippen molar-refractivity contribution in [2.75, 3.05) is 10.6 Å². The minimum absolute atomic E-state index is 0.0718. The van der Waals surface area contributed by atoms with Gasteiger partial charge in [-0.3, -0.25) is 4.99 Å². The Balaban J connectivity index is 1.68. The van der Waals surface area contributed by atoms with Gasteiger partial charge in [0.15, 0.2) is 0 Å². The molecule has 5 heteroatoms. The summed E-state index contributed by atoms with van der Waals surface area (Å²) in [5.41, 5.74) is 3.30. The molecule has 1 heterocycles. The first kappa shape index (κ1) is 16.9. The largest absolute Gasteiger partial charge is 0.371 e. The Morgan fingerprint density at radius 3 is 2.68 bits per heavy atom. The molecule has 2 N–H and O–H groups in total. The molecule has 2 aliphatic rings. The lowest BCUT2D eigenvalue weighted by molar-refractivity contribution is 0.403. The fraction of sp³-hybridized carbons (Fsp3) is 0.350. The molecule has 0 amide bonds. The molecule has 0 bridgehead atoms. The van der Waals surface area contributed by atoms with Crippen molar-refractivity contribution in [1.29, 1.82) is 0 Å². The van der Waals surface area contributed by atoms with Gasteiger partial charge in [0, 0.05) is 9.50 Å². The number of fused-ring (bicyclic) bond motifs is 1. The Morgan fingerprint density at radius 1 is 1.04 bits per heavy atom. The van der Waals surface area contributed by atoms with Crippen LogP contribution in [0.25, 0.3) is 0 Å². The zero-order chi connectivity index (χ0) is 17.3. The fourth-order valence-electron chi connectivity index (χ4n) is 3.81. The third-order valence-electron chi connectivity index (χ3n) is 5.08. The zero-order valence-corrected chi connectivity index (χ0v) is 16.3. The maximum atomic E-state index is 6.11. The third kappa shape index (κ3) is 3.56. The van der Waals surface area contributed by atoms with Crippen LogP contribution in [0.15, 0.2) is 51.9 Å². The summed E-state index contributed by atoms with van der Waals surface area (Å²) in [6.45, 7) is 0.635. The highest BCUT2D eigenvalue weighted by Gasteiger charge is 2.40. The Kier molecular flexibility index (Phi) is 4.74. The lowest BCUT2D eigenvalue weighted by Gasteiger charge is -2.44. The van der Waals surface area contributed by atoms with Crippen LogP contribution in [0.3, 0.4) is 0 Å². The first-order valence-corrected chi connectivity index (χ1v) is 9.96. The third-order valence-corrected chi connectivity index (χ3v) is 5.81. The predicted octanol–water partition coefficient (Wildman–Crippen LogP) is 6.24. The summed E-state index contributed by atoms with van der Waals surface area (Å²) in [4.78, 5) is 4.97. The van der Waals surface area contributed by atoms with Crippen molar-refractivity contribution in [2.24, 2.45) is 4.99 Å². The van der Waals surface area contributed by atoms with Crippen LogP contribution < -0.4 is 10.6 Å². The highest BCUT2D eigenvalue weighted by atomic mass is 79.9. The Hall–Kier alpha value is -1.52. The van der Waals surface area contributed by atoms with Crippen molar-refractivity contribution in [3.05, 3.63) is 57.5 Å². The van der Waals surface area contributed by atoms with Gasteiger partial charge < -0.3 is 10.6 Å². The lowest BCUT2D eigenvalue weighted by atomic mass is 9.79. The summed E-state index contributed by atoms with van der Waals surface area (Å²) >= 11 is 9.67. The quantitative estimate of drug-likeness (QED) is 0.605. The standard InChI is InChI=1S/C20H21BrClN3/c21-15-7-8-17-18(12-15)24-19(20(25-17)9-2-1-3-10-20)23-13-14-5-4-6-16(22)11-14/h4-8,11-12,25H,1-3,9-10,13H2,(H,23,24). The predicted molar refractivity (Wildman–Crippen MR) is 110 cm³/mol. The van der Waals surface area contributed by atoms with Crippen LogP contribution in [0.1, 0.15) is 37.7 Å². The monoisotopic (exact) mass is 417 g/mol. The molecule has 130 valence electrons. The van der Waals surface area contributed by atoms with Crippen LogP contribution in [0.2, 0.25) is 5.02 Å². The number of hydrogen-bond donors (Lipinski definition) is 2. The van der Waals surface area contributed by atoms with Gasteiger partial charge in [-0.25, -0.2) is 0 Å². The number of hydrogen-bond acceptors (Lipinski definition) is 2. The van der Waals surface area contributed by atoms with Crippen LogP contribution in [0, 0.1) is 0 Å². The number of rotatable bonds is 2. The van der Waals surface area contributed by atoms with Crippen LogP contribution in [0.5, 0.6) is 0 Å². The minimum Gasteiger partial charge on any atom is -0.371 e. The molecule has 1 aliphatic heterocycles. The van der Waals surface area contributed by atoms with Crippen molar-refractivity contribution in [3.8, 4) is 0 Å². The van der Waals surface area contributed by atoms with Crippen molar-refractivity contribution in [2.45, 2.75) is 44.2 Å². The van der Waals surface area contributed by atoms with E-state index in [9.17, 15) is 0 Å². The van der Waals surface area contributed by atoms with Crippen LogP contribution in [0.4, 0.5) is 11.4 Å². The number of nitrogens with one attached hydrogen (secondary N) is 2. The summed E-state index contributed by atoms with van der Waals surface area (Å²) in [6.07, 6.45) is 6.00. The van der Waals surface area contributed by atoms with E-state index < -0.39 is 0 Å². The van der Waals surface area contributed by atoms with E-state index in [-0.39, 0.29) is 5.54 Å². The van der Waals surface area contributed by atoms with Gasteiger partial charge in [-0.1, -0.05) is 58.9 Å². The highest BCUT2D eigenvalue weighted by molar-refractivity contribution is 9.10. The SMILES string of the molecule is Clc1cccc(CN=C2Nc3cc(Br)ccc3NC23CCCCC3)c1. The fourth-order valence-corrected chi connectivity index (χ4v) is 4.38. The summed E-state index contributed by atoms with van der Waals surface area (Å²) < 4.78 is 1.06. The smallest absolute Gasteiger partial charge is 0.127 e. The molecule has 3 nitrogen and oxygen atoms in total. The summed E-state index contributed by atoms with van der Waals surface area (Å²) in [5.74, 6) is 1.05. The summed E-state index contributed by atoms with van der Waals surface area (Å²) in [7, 11) is 0. The second-order valence-electron chi connectivity index (χ2n) is 6.88. The number of anilines is 2. The Bertz CT molecular complexity index is 812. The Morgan fingerprint density at radius 2 is 1.88 bits per heavy atom. The summed E-state index contributed by atoms with van der Waals surface area (Å²) in [5, 5.41) is 8.16. The van der Waals surface area contributed by atoms with Gasteiger partial charge in [0.25, 0.3) is 0 Å². The van der Waals surface area contributed by atoms with E-state index in [1.54, 1.807) is 0 Å². The number of nitrogens with zero attached hydrogens (tertiary/aromatic N) is 1. The van der Waals surface area contributed by atoms with Gasteiger partial charge in [0.2, 0.25) is 0 Å². The van der Waals surface area contributed by atoms with E-state index >= 15 is 0 Å². The topological polar surface area (TPSA) is 36.4 Å². The maximum absolute atomic E-state index is 6.11.